The van der Waals surface area contributed by atoms with Gasteiger partial charge in [-0.2, -0.15) is 0 Å². The van der Waals surface area contributed by atoms with Crippen LogP contribution in [-0.4, -0.2) is 11.0 Å². The molecule has 2 nitrogen and oxygen atoms in total. The minimum absolute atomic E-state index is 0.547. The molecule has 1 aromatic rings. The lowest BCUT2D eigenvalue weighted by molar-refractivity contribution is 0.480. The number of aromatic nitrogens is 1. The average Bonchev–Trinajstić information content (AvgIpc) is 2.45. The summed E-state index contributed by atoms with van der Waals surface area (Å²) in [5.74, 6) is 0. The van der Waals surface area contributed by atoms with Crippen molar-refractivity contribution < 1.29 is 0 Å². The molecule has 0 atom stereocenters. The van der Waals surface area contributed by atoms with E-state index in [-0.39, 0.29) is 0 Å². The molecule has 0 aliphatic heterocycles. The predicted octanol–water partition coefficient (Wildman–Crippen LogP) is 6.13. The Morgan fingerprint density at radius 2 is 1.48 bits per heavy atom. The first kappa shape index (κ1) is 16.6. The summed E-state index contributed by atoms with van der Waals surface area (Å²) in [6.07, 6.45) is 16.8. The molecular formula is C18H29ClN2. The molecule has 1 N–H and O–H groups in total. The van der Waals surface area contributed by atoms with Crippen LogP contribution < -0.4 is 5.32 Å². The first-order valence-electron chi connectivity index (χ1n) is 8.64. The van der Waals surface area contributed by atoms with Crippen LogP contribution in [0.4, 0.5) is 5.69 Å². The highest BCUT2D eigenvalue weighted by Crippen LogP contribution is 2.24. The Morgan fingerprint density at radius 1 is 0.952 bits per heavy atom. The lowest BCUT2D eigenvalue weighted by Crippen LogP contribution is -2.20. The topological polar surface area (TPSA) is 24.9 Å². The highest BCUT2D eigenvalue weighted by molar-refractivity contribution is 6.31. The van der Waals surface area contributed by atoms with Crippen molar-refractivity contribution in [1.82, 2.24) is 4.98 Å². The molecule has 0 aromatic carbocycles. The molecule has 0 bridgehead atoms. The van der Waals surface area contributed by atoms with Crippen molar-refractivity contribution in [2.24, 2.45) is 0 Å². The van der Waals surface area contributed by atoms with E-state index in [1.165, 1.54) is 70.6 Å². The summed E-state index contributed by atoms with van der Waals surface area (Å²) in [4.78, 5) is 4.25. The van der Waals surface area contributed by atoms with Gasteiger partial charge < -0.3 is 5.32 Å². The van der Waals surface area contributed by atoms with Crippen molar-refractivity contribution in [2.75, 3.05) is 5.32 Å². The summed E-state index contributed by atoms with van der Waals surface area (Å²) < 4.78 is 0. The quantitative estimate of drug-likeness (QED) is 0.665. The van der Waals surface area contributed by atoms with Crippen LogP contribution in [0, 0.1) is 6.92 Å². The third-order valence-electron chi connectivity index (χ3n) is 4.44. The standard InChI is InChI=1S/C18H29ClN2/c1-15-13-17(18(19)20-14-15)21-16-11-9-7-5-3-2-4-6-8-10-12-16/h13-14,16,21H,2-12H2,1H3. The maximum atomic E-state index is 6.22. The predicted molar refractivity (Wildman–Crippen MR) is 92.2 cm³/mol. The van der Waals surface area contributed by atoms with E-state index >= 15 is 0 Å². The summed E-state index contributed by atoms with van der Waals surface area (Å²) >= 11 is 6.22. The fourth-order valence-electron chi connectivity index (χ4n) is 3.18. The molecule has 0 spiro atoms. The van der Waals surface area contributed by atoms with E-state index in [2.05, 4.69) is 23.3 Å². The lowest BCUT2D eigenvalue weighted by atomic mass is 9.98. The van der Waals surface area contributed by atoms with E-state index in [0.717, 1.165) is 11.3 Å². The molecule has 1 heterocycles. The molecule has 0 radical (unpaired) electrons. The second-order valence-electron chi connectivity index (χ2n) is 6.45. The second kappa shape index (κ2) is 9.30. The van der Waals surface area contributed by atoms with Gasteiger partial charge in [0.05, 0.1) is 5.69 Å². The zero-order valence-electron chi connectivity index (χ0n) is 13.3. The van der Waals surface area contributed by atoms with Gasteiger partial charge in [0.25, 0.3) is 0 Å². The Morgan fingerprint density at radius 3 is 2.05 bits per heavy atom. The third-order valence-corrected chi connectivity index (χ3v) is 4.74. The number of pyridine rings is 1. The largest absolute Gasteiger partial charge is 0.380 e. The fraction of sp³-hybridized carbons (Fsp3) is 0.722. The van der Waals surface area contributed by atoms with Crippen molar-refractivity contribution >= 4 is 17.3 Å². The lowest BCUT2D eigenvalue weighted by Gasteiger charge is -2.21. The van der Waals surface area contributed by atoms with Gasteiger partial charge in [0.15, 0.2) is 5.15 Å². The van der Waals surface area contributed by atoms with Gasteiger partial charge in [-0.25, -0.2) is 4.98 Å². The van der Waals surface area contributed by atoms with Gasteiger partial charge in [-0.1, -0.05) is 69.4 Å². The van der Waals surface area contributed by atoms with Crippen molar-refractivity contribution in [3.63, 3.8) is 0 Å². The molecule has 2 rings (SSSR count). The van der Waals surface area contributed by atoms with Crippen LogP contribution in [-0.2, 0) is 0 Å². The van der Waals surface area contributed by atoms with Gasteiger partial charge in [-0.05, 0) is 31.4 Å². The highest BCUT2D eigenvalue weighted by atomic mass is 35.5. The molecule has 0 saturated heterocycles. The molecule has 0 amide bonds. The monoisotopic (exact) mass is 308 g/mol. The summed E-state index contributed by atoms with van der Waals surface area (Å²) in [5, 5.41) is 4.25. The molecule has 1 fully saturated rings. The molecule has 1 aliphatic carbocycles. The van der Waals surface area contributed by atoms with Gasteiger partial charge in [0.1, 0.15) is 0 Å². The van der Waals surface area contributed by atoms with Crippen molar-refractivity contribution in [2.45, 2.75) is 83.6 Å². The molecule has 118 valence electrons. The smallest absolute Gasteiger partial charge is 0.152 e. The van der Waals surface area contributed by atoms with Gasteiger partial charge >= 0.3 is 0 Å². The van der Waals surface area contributed by atoms with E-state index in [1.54, 1.807) is 0 Å². The van der Waals surface area contributed by atoms with Crippen LogP contribution in [0.2, 0.25) is 5.15 Å². The number of aryl methyl sites for hydroxylation is 1. The number of halogens is 1. The van der Waals surface area contributed by atoms with Gasteiger partial charge in [-0.3, -0.25) is 0 Å². The minimum Gasteiger partial charge on any atom is -0.380 e. The van der Waals surface area contributed by atoms with E-state index < -0.39 is 0 Å². The second-order valence-corrected chi connectivity index (χ2v) is 6.81. The van der Waals surface area contributed by atoms with Gasteiger partial charge in [0.2, 0.25) is 0 Å². The number of rotatable bonds is 2. The normalized spacial score (nSPS) is 19.5. The summed E-state index contributed by atoms with van der Waals surface area (Å²) in [5.41, 5.74) is 2.17. The zero-order valence-corrected chi connectivity index (χ0v) is 14.1. The van der Waals surface area contributed by atoms with Crippen LogP contribution in [0.25, 0.3) is 0 Å². The number of hydrogen-bond donors (Lipinski definition) is 1. The molecule has 3 heteroatoms. The summed E-state index contributed by atoms with van der Waals surface area (Å²) in [6, 6.07) is 2.66. The Hall–Kier alpha value is -0.760. The Labute approximate surface area is 134 Å². The summed E-state index contributed by atoms with van der Waals surface area (Å²) in [7, 11) is 0. The maximum Gasteiger partial charge on any atom is 0.152 e. The van der Waals surface area contributed by atoms with Crippen molar-refractivity contribution in [1.29, 1.82) is 0 Å². The molecular weight excluding hydrogens is 280 g/mol. The Bertz CT molecular complexity index is 408. The number of anilines is 1. The average molecular weight is 309 g/mol. The van der Waals surface area contributed by atoms with Crippen LogP contribution in [0.15, 0.2) is 12.3 Å². The van der Waals surface area contributed by atoms with E-state index in [9.17, 15) is 0 Å². The number of hydrogen-bond acceptors (Lipinski definition) is 2. The van der Waals surface area contributed by atoms with Crippen LogP contribution in [0.3, 0.4) is 0 Å². The maximum absolute atomic E-state index is 6.22. The Balaban J connectivity index is 1.92. The fourth-order valence-corrected chi connectivity index (χ4v) is 3.34. The van der Waals surface area contributed by atoms with Crippen LogP contribution in [0.1, 0.15) is 76.2 Å². The van der Waals surface area contributed by atoms with Crippen LogP contribution in [0.5, 0.6) is 0 Å². The zero-order chi connectivity index (χ0) is 14.9. The van der Waals surface area contributed by atoms with Crippen molar-refractivity contribution in [3.8, 4) is 0 Å². The minimum atomic E-state index is 0.547. The molecule has 1 aliphatic rings. The van der Waals surface area contributed by atoms with Crippen molar-refractivity contribution in [3.05, 3.63) is 23.0 Å². The third kappa shape index (κ3) is 6.25. The molecule has 1 aromatic heterocycles. The van der Waals surface area contributed by atoms with E-state index in [4.69, 9.17) is 11.6 Å². The number of nitrogens with one attached hydrogen (secondary N) is 1. The molecule has 21 heavy (non-hydrogen) atoms. The van der Waals surface area contributed by atoms with Gasteiger partial charge in [-0.15, -0.1) is 0 Å². The highest BCUT2D eigenvalue weighted by Gasteiger charge is 2.11. The summed E-state index contributed by atoms with van der Waals surface area (Å²) in [6.45, 7) is 2.06. The number of nitrogens with zero attached hydrogens (tertiary/aromatic N) is 1. The van der Waals surface area contributed by atoms with E-state index in [1.807, 2.05) is 6.20 Å². The van der Waals surface area contributed by atoms with E-state index in [0.29, 0.717) is 11.2 Å². The SMILES string of the molecule is Cc1cnc(Cl)c(NC2CCCCCCCCCCC2)c1. The van der Waals surface area contributed by atoms with Crippen LogP contribution >= 0.6 is 11.6 Å². The Kier molecular flexibility index (Phi) is 7.35. The molecule has 1 saturated carbocycles. The van der Waals surface area contributed by atoms with Gasteiger partial charge in [0, 0.05) is 12.2 Å². The first-order valence-corrected chi connectivity index (χ1v) is 9.02. The first-order chi connectivity index (χ1) is 10.3. The molecule has 0 unspecified atom stereocenters.